The van der Waals surface area contributed by atoms with Gasteiger partial charge in [-0.15, -0.1) is 0 Å². The summed E-state index contributed by atoms with van der Waals surface area (Å²) in [6, 6.07) is 34.6. The van der Waals surface area contributed by atoms with Gasteiger partial charge in [-0.1, -0.05) is 72.8 Å². The predicted molar refractivity (Wildman–Crippen MR) is 130 cm³/mol. The second-order valence-corrected chi connectivity index (χ2v) is 7.75. The number of anilines is 1. The van der Waals surface area contributed by atoms with E-state index in [0.717, 1.165) is 22.3 Å². The maximum Gasteiger partial charge on any atom is 0.247 e. The summed E-state index contributed by atoms with van der Waals surface area (Å²) in [5.74, 6) is -0.0426. The Morgan fingerprint density at radius 3 is 1.75 bits per heavy atom. The zero-order valence-electron chi connectivity index (χ0n) is 17.5. The van der Waals surface area contributed by atoms with Gasteiger partial charge >= 0.3 is 0 Å². The Labute approximate surface area is 186 Å². The fraction of sp³-hybridized carbons (Fsp3) is 0.0714. The normalized spacial score (nSPS) is 11.0. The number of para-hydroxylation sites is 3. The molecule has 0 fully saturated rings. The van der Waals surface area contributed by atoms with Crippen LogP contribution in [-0.4, -0.2) is 10.5 Å². The van der Waals surface area contributed by atoms with Crippen LogP contribution >= 0.6 is 0 Å². The van der Waals surface area contributed by atoms with Gasteiger partial charge in [-0.3, -0.25) is 9.59 Å². The van der Waals surface area contributed by atoms with Crippen molar-refractivity contribution in [3.63, 3.8) is 0 Å². The highest BCUT2D eigenvalue weighted by Gasteiger charge is 2.19. The first kappa shape index (κ1) is 19.8. The molecule has 0 radical (unpaired) electrons. The van der Waals surface area contributed by atoms with Crippen molar-refractivity contribution in [2.45, 2.75) is 13.1 Å². The number of carbonyl (C=O) groups is 1. The summed E-state index contributed by atoms with van der Waals surface area (Å²) in [5.41, 5.74) is 3.41. The van der Waals surface area contributed by atoms with Crippen molar-refractivity contribution in [3.05, 3.63) is 125 Å². The molecule has 1 aromatic heterocycles. The Hall–Kier alpha value is -4.18. The summed E-state index contributed by atoms with van der Waals surface area (Å²) in [7, 11) is 0. The molecule has 5 aromatic rings. The molecule has 1 heterocycles. The van der Waals surface area contributed by atoms with Crippen molar-refractivity contribution in [2.24, 2.45) is 0 Å². The number of hydrogen-bond donors (Lipinski definition) is 0. The molecule has 0 bridgehead atoms. The SMILES string of the molecule is O=C(Cn1c2ccccc2c(=O)c2ccccc21)N(Cc1ccccc1)c1ccccc1. The summed E-state index contributed by atoms with van der Waals surface area (Å²) in [4.78, 5) is 28.5. The highest BCUT2D eigenvalue weighted by atomic mass is 16.2. The van der Waals surface area contributed by atoms with Gasteiger partial charge in [0.2, 0.25) is 5.91 Å². The molecule has 32 heavy (non-hydrogen) atoms. The third-order valence-electron chi connectivity index (χ3n) is 5.72. The average Bonchev–Trinajstić information content (AvgIpc) is 2.86. The number of amides is 1. The first-order chi connectivity index (χ1) is 15.7. The van der Waals surface area contributed by atoms with Crippen LogP contribution in [0.3, 0.4) is 0 Å². The zero-order chi connectivity index (χ0) is 21.9. The topological polar surface area (TPSA) is 42.3 Å². The van der Waals surface area contributed by atoms with E-state index in [-0.39, 0.29) is 17.9 Å². The van der Waals surface area contributed by atoms with Crippen LogP contribution < -0.4 is 10.3 Å². The lowest BCUT2D eigenvalue weighted by molar-refractivity contribution is -0.119. The number of aromatic nitrogens is 1. The van der Waals surface area contributed by atoms with Crippen molar-refractivity contribution < 1.29 is 4.79 Å². The second kappa shape index (κ2) is 8.52. The molecule has 4 aromatic carbocycles. The van der Waals surface area contributed by atoms with E-state index in [1.165, 1.54) is 0 Å². The van der Waals surface area contributed by atoms with Gasteiger partial charge in [0, 0.05) is 16.5 Å². The van der Waals surface area contributed by atoms with Crippen LogP contribution in [0.15, 0.2) is 114 Å². The van der Waals surface area contributed by atoms with Crippen LogP contribution in [0.4, 0.5) is 5.69 Å². The van der Waals surface area contributed by atoms with Gasteiger partial charge in [-0.25, -0.2) is 0 Å². The largest absolute Gasteiger partial charge is 0.331 e. The standard InChI is InChI=1S/C28H22N2O2/c31-27(29(22-13-5-2-6-14-22)19-21-11-3-1-4-12-21)20-30-25-17-9-7-15-23(25)28(32)24-16-8-10-18-26(24)30/h1-18H,19-20H2. The molecule has 0 unspecified atom stereocenters. The second-order valence-electron chi connectivity index (χ2n) is 7.75. The van der Waals surface area contributed by atoms with Gasteiger partial charge in [-0.05, 0) is 42.0 Å². The molecule has 5 rings (SSSR count). The lowest BCUT2D eigenvalue weighted by Gasteiger charge is -2.25. The number of fused-ring (bicyclic) bond motifs is 2. The summed E-state index contributed by atoms with van der Waals surface area (Å²) in [6.07, 6.45) is 0. The van der Waals surface area contributed by atoms with E-state index in [4.69, 9.17) is 0 Å². The van der Waals surface area contributed by atoms with E-state index < -0.39 is 0 Å². The predicted octanol–water partition coefficient (Wildman–Crippen LogP) is 5.39. The Bertz CT molecular complexity index is 1400. The van der Waals surface area contributed by atoms with Crippen molar-refractivity contribution in [1.82, 2.24) is 4.57 Å². The van der Waals surface area contributed by atoms with Gasteiger partial charge < -0.3 is 9.47 Å². The number of benzene rings is 4. The van der Waals surface area contributed by atoms with Crippen molar-refractivity contribution in [3.8, 4) is 0 Å². The van der Waals surface area contributed by atoms with Crippen molar-refractivity contribution >= 4 is 33.4 Å². The maximum absolute atomic E-state index is 13.7. The minimum Gasteiger partial charge on any atom is -0.331 e. The van der Waals surface area contributed by atoms with Crippen LogP contribution in [0.1, 0.15) is 5.56 Å². The molecule has 156 valence electrons. The van der Waals surface area contributed by atoms with Crippen LogP contribution in [0.5, 0.6) is 0 Å². The molecular weight excluding hydrogens is 396 g/mol. The molecule has 0 aliphatic carbocycles. The smallest absolute Gasteiger partial charge is 0.247 e. The van der Waals surface area contributed by atoms with E-state index in [0.29, 0.717) is 17.3 Å². The van der Waals surface area contributed by atoms with E-state index in [9.17, 15) is 9.59 Å². The number of hydrogen-bond acceptors (Lipinski definition) is 2. The van der Waals surface area contributed by atoms with E-state index in [1.807, 2.05) is 114 Å². The highest BCUT2D eigenvalue weighted by molar-refractivity contribution is 5.98. The molecular formula is C28H22N2O2. The van der Waals surface area contributed by atoms with Crippen LogP contribution in [0.2, 0.25) is 0 Å². The van der Waals surface area contributed by atoms with E-state index in [1.54, 1.807) is 4.90 Å². The summed E-state index contributed by atoms with van der Waals surface area (Å²) in [6.45, 7) is 0.600. The first-order valence-electron chi connectivity index (χ1n) is 10.6. The van der Waals surface area contributed by atoms with Crippen molar-refractivity contribution in [2.75, 3.05) is 4.90 Å². The average molecular weight is 418 g/mol. The van der Waals surface area contributed by atoms with Crippen LogP contribution in [0.25, 0.3) is 21.8 Å². The maximum atomic E-state index is 13.7. The minimum absolute atomic E-state index is 0.0101. The van der Waals surface area contributed by atoms with Gasteiger partial charge in [0.25, 0.3) is 0 Å². The Kier molecular flexibility index (Phi) is 5.26. The lowest BCUT2D eigenvalue weighted by Crippen LogP contribution is -2.34. The molecule has 0 saturated carbocycles. The molecule has 4 nitrogen and oxygen atoms in total. The quantitative estimate of drug-likeness (QED) is 0.359. The molecule has 0 spiro atoms. The first-order valence-corrected chi connectivity index (χ1v) is 10.6. The Morgan fingerprint density at radius 1 is 0.656 bits per heavy atom. The van der Waals surface area contributed by atoms with E-state index >= 15 is 0 Å². The van der Waals surface area contributed by atoms with Crippen LogP contribution in [0, 0.1) is 0 Å². The molecule has 0 N–H and O–H groups in total. The van der Waals surface area contributed by atoms with Gasteiger partial charge in [-0.2, -0.15) is 0 Å². The van der Waals surface area contributed by atoms with Crippen LogP contribution in [-0.2, 0) is 17.9 Å². The molecule has 0 aliphatic rings. The summed E-state index contributed by atoms with van der Waals surface area (Å²) in [5, 5.41) is 1.24. The van der Waals surface area contributed by atoms with Gasteiger partial charge in [0.05, 0.1) is 17.6 Å². The number of carbonyl (C=O) groups excluding carboxylic acids is 1. The van der Waals surface area contributed by atoms with Crippen molar-refractivity contribution in [1.29, 1.82) is 0 Å². The lowest BCUT2D eigenvalue weighted by atomic mass is 10.1. The third kappa shape index (κ3) is 3.67. The molecule has 1 amide bonds. The third-order valence-corrected chi connectivity index (χ3v) is 5.72. The minimum atomic E-state index is -0.0426. The molecule has 0 aliphatic heterocycles. The number of nitrogens with zero attached hydrogens (tertiary/aromatic N) is 2. The Balaban J connectivity index is 1.62. The molecule has 4 heteroatoms. The van der Waals surface area contributed by atoms with Gasteiger partial charge in [0.15, 0.2) is 5.43 Å². The highest BCUT2D eigenvalue weighted by Crippen LogP contribution is 2.22. The number of rotatable bonds is 5. The fourth-order valence-corrected chi connectivity index (χ4v) is 4.17. The Morgan fingerprint density at radius 2 is 1.16 bits per heavy atom. The summed E-state index contributed by atoms with van der Waals surface area (Å²) >= 11 is 0. The summed E-state index contributed by atoms with van der Waals surface area (Å²) < 4.78 is 1.95. The monoisotopic (exact) mass is 418 g/mol. The zero-order valence-corrected chi connectivity index (χ0v) is 17.5. The van der Waals surface area contributed by atoms with E-state index in [2.05, 4.69) is 0 Å². The van der Waals surface area contributed by atoms with Gasteiger partial charge in [0.1, 0.15) is 6.54 Å². The molecule has 0 atom stereocenters. The fourth-order valence-electron chi connectivity index (χ4n) is 4.17. The molecule has 0 saturated heterocycles. The number of pyridine rings is 1.